The summed E-state index contributed by atoms with van der Waals surface area (Å²) in [5.41, 5.74) is 11.8. The van der Waals surface area contributed by atoms with Crippen LogP contribution in [-0.2, 0) is 5.54 Å². The van der Waals surface area contributed by atoms with Crippen molar-refractivity contribution in [2.24, 2.45) is 5.73 Å². The van der Waals surface area contributed by atoms with Crippen LogP contribution in [0.2, 0.25) is 0 Å². The van der Waals surface area contributed by atoms with E-state index < -0.39 is 5.54 Å². The summed E-state index contributed by atoms with van der Waals surface area (Å²) >= 11 is 0. The Hall–Kier alpha value is -1.80. The average molecular weight is 269 g/mol. The number of rotatable bonds is 3. The molecule has 2 aromatic rings. The summed E-state index contributed by atoms with van der Waals surface area (Å²) in [6, 6.07) is 12.4. The summed E-state index contributed by atoms with van der Waals surface area (Å²) in [6.07, 6.45) is 0. The third-order valence-electron chi connectivity index (χ3n) is 4.14. The molecular weight excluding hydrogens is 246 g/mol. The fourth-order valence-corrected chi connectivity index (χ4v) is 2.76. The Bertz CT molecular complexity index is 629. The first-order valence-electron chi connectivity index (χ1n) is 6.89. The number of nitrogens with two attached hydrogens (primary N) is 1. The first-order valence-corrected chi connectivity index (χ1v) is 6.89. The van der Waals surface area contributed by atoms with Gasteiger partial charge >= 0.3 is 0 Å². The molecule has 2 N–H and O–H groups in total. The number of hydrogen-bond acceptors (Lipinski definition) is 2. The van der Waals surface area contributed by atoms with E-state index in [1.165, 1.54) is 11.1 Å². The molecule has 2 aromatic carbocycles. The lowest BCUT2D eigenvalue weighted by molar-refractivity contribution is 0.395. The predicted octanol–water partition coefficient (Wildman–Crippen LogP) is 3.84. The van der Waals surface area contributed by atoms with Crippen molar-refractivity contribution >= 4 is 0 Å². The standard InChI is InChI=1S/C18H23NO/c1-12-10-11-16(17(20-5)14(12)3)18(4,19)15-9-7-6-8-13(15)2/h6-11H,19H2,1-5H3. The van der Waals surface area contributed by atoms with Crippen molar-refractivity contribution in [1.29, 1.82) is 0 Å². The maximum atomic E-state index is 6.68. The summed E-state index contributed by atoms with van der Waals surface area (Å²) in [7, 11) is 1.71. The molecule has 1 atom stereocenters. The molecule has 0 aliphatic carbocycles. The van der Waals surface area contributed by atoms with E-state index >= 15 is 0 Å². The second kappa shape index (κ2) is 5.29. The molecule has 0 aromatic heterocycles. The van der Waals surface area contributed by atoms with Crippen LogP contribution in [0.25, 0.3) is 0 Å². The highest BCUT2D eigenvalue weighted by molar-refractivity contribution is 5.53. The Kier molecular flexibility index (Phi) is 3.87. The van der Waals surface area contributed by atoms with Crippen molar-refractivity contribution in [3.63, 3.8) is 0 Å². The maximum absolute atomic E-state index is 6.68. The summed E-state index contributed by atoms with van der Waals surface area (Å²) < 4.78 is 5.62. The van der Waals surface area contributed by atoms with Crippen LogP contribution in [0.3, 0.4) is 0 Å². The third-order valence-corrected chi connectivity index (χ3v) is 4.14. The van der Waals surface area contributed by atoms with Gasteiger partial charge < -0.3 is 10.5 Å². The smallest absolute Gasteiger partial charge is 0.127 e. The van der Waals surface area contributed by atoms with Gasteiger partial charge in [0.25, 0.3) is 0 Å². The highest BCUT2D eigenvalue weighted by Crippen LogP contribution is 2.37. The van der Waals surface area contributed by atoms with Gasteiger partial charge in [0.1, 0.15) is 5.75 Å². The summed E-state index contributed by atoms with van der Waals surface area (Å²) in [5, 5.41) is 0. The molecule has 2 rings (SSSR count). The largest absolute Gasteiger partial charge is 0.496 e. The second-order valence-corrected chi connectivity index (χ2v) is 5.61. The normalized spacial score (nSPS) is 13.9. The van der Waals surface area contributed by atoms with Gasteiger partial charge in [-0.25, -0.2) is 0 Å². The molecule has 0 radical (unpaired) electrons. The van der Waals surface area contributed by atoms with Gasteiger partial charge in [0.15, 0.2) is 0 Å². The van der Waals surface area contributed by atoms with Gasteiger partial charge in [0.2, 0.25) is 0 Å². The van der Waals surface area contributed by atoms with Crippen LogP contribution in [-0.4, -0.2) is 7.11 Å². The topological polar surface area (TPSA) is 35.2 Å². The minimum Gasteiger partial charge on any atom is -0.496 e. The molecule has 106 valence electrons. The molecule has 0 heterocycles. The van der Waals surface area contributed by atoms with E-state index in [0.717, 1.165) is 22.4 Å². The number of ether oxygens (including phenoxy) is 1. The van der Waals surface area contributed by atoms with E-state index in [1.54, 1.807) is 7.11 Å². The van der Waals surface area contributed by atoms with Crippen molar-refractivity contribution in [2.75, 3.05) is 7.11 Å². The maximum Gasteiger partial charge on any atom is 0.127 e. The fourth-order valence-electron chi connectivity index (χ4n) is 2.76. The van der Waals surface area contributed by atoms with Crippen molar-refractivity contribution in [3.8, 4) is 5.75 Å². The van der Waals surface area contributed by atoms with Crippen LogP contribution in [0.5, 0.6) is 5.75 Å². The summed E-state index contributed by atoms with van der Waals surface area (Å²) in [6.45, 7) is 8.30. The highest BCUT2D eigenvalue weighted by atomic mass is 16.5. The monoisotopic (exact) mass is 269 g/mol. The SMILES string of the molecule is COc1c(C(C)(N)c2ccccc2C)ccc(C)c1C. The van der Waals surface area contributed by atoms with Crippen LogP contribution in [0, 0.1) is 20.8 Å². The van der Waals surface area contributed by atoms with Crippen molar-refractivity contribution < 1.29 is 4.74 Å². The van der Waals surface area contributed by atoms with Crippen molar-refractivity contribution in [2.45, 2.75) is 33.2 Å². The molecule has 1 unspecified atom stereocenters. The predicted molar refractivity (Wildman–Crippen MR) is 84.3 cm³/mol. The van der Waals surface area contributed by atoms with Gasteiger partial charge in [-0.3, -0.25) is 0 Å². The molecule has 0 spiro atoms. The number of methoxy groups -OCH3 is 1. The zero-order chi connectivity index (χ0) is 14.9. The van der Waals surface area contributed by atoms with Gasteiger partial charge in [-0.15, -0.1) is 0 Å². The molecule has 0 aliphatic rings. The molecule has 0 saturated heterocycles. The lowest BCUT2D eigenvalue weighted by Crippen LogP contribution is -2.35. The van der Waals surface area contributed by atoms with Gasteiger partial charge in [0, 0.05) is 5.56 Å². The second-order valence-electron chi connectivity index (χ2n) is 5.61. The van der Waals surface area contributed by atoms with Crippen LogP contribution in [0.4, 0.5) is 0 Å². The van der Waals surface area contributed by atoms with E-state index in [-0.39, 0.29) is 0 Å². The number of benzene rings is 2. The average Bonchev–Trinajstić information content (AvgIpc) is 2.41. The minimum atomic E-state index is -0.574. The molecule has 0 aliphatic heterocycles. The van der Waals surface area contributed by atoms with Crippen LogP contribution < -0.4 is 10.5 Å². The quantitative estimate of drug-likeness (QED) is 0.918. The zero-order valence-electron chi connectivity index (χ0n) is 12.9. The molecule has 0 bridgehead atoms. The van der Waals surface area contributed by atoms with Crippen LogP contribution >= 0.6 is 0 Å². The summed E-state index contributed by atoms with van der Waals surface area (Å²) in [5.74, 6) is 0.887. The first-order chi connectivity index (χ1) is 9.39. The van der Waals surface area contributed by atoms with Crippen LogP contribution in [0.15, 0.2) is 36.4 Å². The molecular formula is C18H23NO. The van der Waals surface area contributed by atoms with Crippen LogP contribution in [0.1, 0.15) is 34.7 Å². The first kappa shape index (κ1) is 14.6. The summed E-state index contributed by atoms with van der Waals surface area (Å²) in [4.78, 5) is 0. The zero-order valence-corrected chi connectivity index (χ0v) is 12.9. The van der Waals surface area contributed by atoms with E-state index in [9.17, 15) is 0 Å². The third kappa shape index (κ3) is 2.32. The van der Waals surface area contributed by atoms with E-state index in [0.29, 0.717) is 0 Å². The lowest BCUT2D eigenvalue weighted by Gasteiger charge is -2.30. The molecule has 0 amide bonds. The van der Waals surface area contributed by atoms with Crippen molar-refractivity contribution in [1.82, 2.24) is 0 Å². The molecule has 20 heavy (non-hydrogen) atoms. The van der Waals surface area contributed by atoms with Gasteiger partial charge in [-0.05, 0) is 49.9 Å². The van der Waals surface area contributed by atoms with Gasteiger partial charge in [-0.2, -0.15) is 0 Å². The number of hydrogen-bond donors (Lipinski definition) is 1. The highest BCUT2D eigenvalue weighted by Gasteiger charge is 2.29. The van der Waals surface area contributed by atoms with E-state index in [4.69, 9.17) is 10.5 Å². The molecule has 2 nitrogen and oxygen atoms in total. The lowest BCUT2D eigenvalue weighted by atomic mass is 9.81. The minimum absolute atomic E-state index is 0.574. The van der Waals surface area contributed by atoms with E-state index in [2.05, 4.69) is 45.0 Å². The molecule has 0 saturated carbocycles. The Morgan fingerprint density at radius 3 is 2.15 bits per heavy atom. The van der Waals surface area contributed by atoms with E-state index in [1.807, 2.05) is 19.1 Å². The Labute approximate surface area is 121 Å². The Balaban J connectivity index is 2.67. The van der Waals surface area contributed by atoms with Crippen molar-refractivity contribution in [3.05, 3.63) is 64.2 Å². The Morgan fingerprint density at radius 1 is 0.900 bits per heavy atom. The molecule has 2 heteroatoms. The molecule has 0 fully saturated rings. The Morgan fingerprint density at radius 2 is 1.55 bits per heavy atom. The van der Waals surface area contributed by atoms with Gasteiger partial charge in [-0.1, -0.05) is 36.4 Å². The van der Waals surface area contributed by atoms with Gasteiger partial charge in [0.05, 0.1) is 12.6 Å². The fraction of sp³-hybridized carbons (Fsp3) is 0.333. The number of aryl methyl sites for hydroxylation is 2.